The van der Waals surface area contributed by atoms with E-state index in [4.69, 9.17) is 14.4 Å². The minimum Gasteiger partial charge on any atom is -0.481 e. The van der Waals surface area contributed by atoms with Gasteiger partial charge in [0.25, 0.3) is 0 Å². The second-order valence-electron chi connectivity index (χ2n) is 8.23. The Balaban J connectivity index is 1.40. The van der Waals surface area contributed by atoms with Crippen LogP contribution in [0.4, 0.5) is 10.5 Å². The lowest BCUT2D eigenvalue weighted by Gasteiger charge is -2.14. The van der Waals surface area contributed by atoms with E-state index < -0.39 is 18.2 Å². The fourth-order valence-electron chi connectivity index (χ4n) is 4.06. The Morgan fingerprint density at radius 3 is 2.56 bits per heavy atom. The Kier molecular flexibility index (Phi) is 6.19. The van der Waals surface area contributed by atoms with Crippen molar-refractivity contribution in [2.75, 3.05) is 5.32 Å². The highest BCUT2D eigenvalue weighted by Gasteiger charge is 2.20. The number of hydrogen-bond acceptors (Lipinski definition) is 6. The summed E-state index contributed by atoms with van der Waals surface area (Å²) in [5.41, 5.74) is 5.05. The zero-order chi connectivity index (χ0) is 25.1. The van der Waals surface area contributed by atoms with E-state index in [0.29, 0.717) is 22.5 Å². The molecule has 0 spiro atoms. The van der Waals surface area contributed by atoms with Crippen LogP contribution in [0.1, 0.15) is 24.2 Å². The standard InChI is InChI=1S/C27H22N4O5/c1-16(18-5-3-2-4-6-18)35-27(34)30-23-15-29-36-26(23)21-12-11-20(22-14-28-31-25(21)22)19-9-7-17(8-10-19)13-24(32)33/h2-12,14-16H,13H2,1H3,(H,28,31)(H,30,34)(H,32,33). The average molecular weight is 482 g/mol. The number of fused-ring (bicyclic) bond motifs is 1. The molecule has 0 aliphatic rings. The van der Waals surface area contributed by atoms with Gasteiger partial charge in [-0.05, 0) is 35.2 Å². The quantitative estimate of drug-likeness (QED) is 0.266. The fourth-order valence-corrected chi connectivity index (χ4v) is 4.06. The molecule has 9 nitrogen and oxygen atoms in total. The summed E-state index contributed by atoms with van der Waals surface area (Å²) in [6.07, 6.45) is 2.09. The van der Waals surface area contributed by atoms with Crippen molar-refractivity contribution in [1.29, 1.82) is 0 Å². The van der Waals surface area contributed by atoms with Gasteiger partial charge in [0.05, 0.1) is 18.2 Å². The van der Waals surface area contributed by atoms with Gasteiger partial charge >= 0.3 is 12.1 Å². The number of nitrogens with zero attached hydrogens (tertiary/aromatic N) is 2. The number of carboxylic acid groups (broad SMARTS) is 1. The highest BCUT2D eigenvalue weighted by Crippen LogP contribution is 2.37. The van der Waals surface area contributed by atoms with Crippen molar-refractivity contribution in [2.24, 2.45) is 0 Å². The number of carbonyl (C=O) groups is 2. The highest BCUT2D eigenvalue weighted by molar-refractivity contribution is 6.04. The summed E-state index contributed by atoms with van der Waals surface area (Å²) >= 11 is 0. The van der Waals surface area contributed by atoms with Crippen LogP contribution in [0, 0.1) is 0 Å². The van der Waals surface area contributed by atoms with Crippen LogP contribution < -0.4 is 5.32 Å². The third-order valence-corrected chi connectivity index (χ3v) is 5.83. The van der Waals surface area contributed by atoms with E-state index in [-0.39, 0.29) is 6.42 Å². The number of carbonyl (C=O) groups excluding carboxylic acids is 1. The lowest BCUT2D eigenvalue weighted by molar-refractivity contribution is -0.136. The molecule has 1 unspecified atom stereocenters. The van der Waals surface area contributed by atoms with Gasteiger partial charge in [0.1, 0.15) is 17.3 Å². The molecule has 3 N–H and O–H groups in total. The number of hydrogen-bond donors (Lipinski definition) is 3. The first-order valence-corrected chi connectivity index (χ1v) is 11.2. The van der Waals surface area contributed by atoms with Gasteiger partial charge in [-0.25, -0.2) is 4.79 Å². The lowest BCUT2D eigenvalue weighted by atomic mass is 9.97. The summed E-state index contributed by atoms with van der Waals surface area (Å²) in [5, 5.41) is 23.7. The minimum atomic E-state index is -0.876. The number of carboxylic acids is 1. The highest BCUT2D eigenvalue weighted by atomic mass is 16.6. The van der Waals surface area contributed by atoms with Crippen LogP contribution in [-0.2, 0) is 16.0 Å². The Hall–Kier alpha value is -4.92. The first kappa shape index (κ1) is 22.9. The van der Waals surface area contributed by atoms with E-state index in [1.54, 1.807) is 25.3 Å². The zero-order valence-electron chi connectivity index (χ0n) is 19.3. The molecule has 0 saturated carbocycles. The van der Waals surface area contributed by atoms with Crippen LogP contribution in [0.15, 0.2) is 83.6 Å². The van der Waals surface area contributed by atoms with Crippen molar-refractivity contribution in [3.8, 4) is 22.5 Å². The summed E-state index contributed by atoms with van der Waals surface area (Å²) in [4.78, 5) is 23.5. The number of rotatable bonds is 7. The van der Waals surface area contributed by atoms with Gasteiger partial charge in [-0.3, -0.25) is 15.2 Å². The monoisotopic (exact) mass is 482 g/mol. The molecule has 0 bridgehead atoms. The Morgan fingerprint density at radius 1 is 1.06 bits per heavy atom. The van der Waals surface area contributed by atoms with Gasteiger partial charge in [0.15, 0.2) is 5.76 Å². The van der Waals surface area contributed by atoms with Gasteiger partial charge < -0.3 is 14.4 Å². The predicted molar refractivity (Wildman–Crippen MR) is 133 cm³/mol. The van der Waals surface area contributed by atoms with Gasteiger partial charge in [-0.2, -0.15) is 5.10 Å². The van der Waals surface area contributed by atoms with Crippen LogP contribution in [0.3, 0.4) is 0 Å². The van der Waals surface area contributed by atoms with E-state index >= 15 is 0 Å². The molecular formula is C27H22N4O5. The summed E-state index contributed by atoms with van der Waals surface area (Å²) in [5.74, 6) is -0.529. The maximum atomic E-state index is 12.6. The normalized spacial score (nSPS) is 11.8. The van der Waals surface area contributed by atoms with Crippen molar-refractivity contribution in [3.05, 3.63) is 90.3 Å². The van der Waals surface area contributed by atoms with Gasteiger partial charge in [0.2, 0.25) is 0 Å². The predicted octanol–water partition coefficient (Wildman–Crippen LogP) is 5.82. The molecule has 0 saturated heterocycles. The molecule has 0 aliphatic carbocycles. The van der Waals surface area contributed by atoms with Gasteiger partial charge in [0, 0.05) is 11.6 Å². The lowest BCUT2D eigenvalue weighted by Crippen LogP contribution is -2.16. The van der Waals surface area contributed by atoms with E-state index in [9.17, 15) is 9.59 Å². The summed E-state index contributed by atoms with van der Waals surface area (Å²) in [7, 11) is 0. The van der Waals surface area contributed by atoms with Crippen molar-refractivity contribution in [2.45, 2.75) is 19.4 Å². The number of nitrogens with one attached hydrogen (secondary N) is 2. The molecule has 1 atom stereocenters. The summed E-state index contributed by atoms with van der Waals surface area (Å²) < 4.78 is 11.0. The molecule has 2 heterocycles. The van der Waals surface area contributed by atoms with Gasteiger partial charge in [-0.15, -0.1) is 0 Å². The number of amides is 1. The molecule has 2 aromatic heterocycles. The molecule has 5 aromatic rings. The van der Waals surface area contributed by atoms with Crippen molar-refractivity contribution in [1.82, 2.24) is 15.4 Å². The number of benzene rings is 3. The van der Waals surface area contributed by atoms with E-state index in [1.165, 1.54) is 6.20 Å². The van der Waals surface area contributed by atoms with E-state index in [0.717, 1.165) is 27.6 Å². The maximum Gasteiger partial charge on any atom is 0.412 e. The number of ether oxygens (including phenoxy) is 1. The van der Waals surface area contributed by atoms with Crippen LogP contribution in [0.25, 0.3) is 33.4 Å². The molecule has 5 rings (SSSR count). The van der Waals surface area contributed by atoms with Crippen LogP contribution in [-0.4, -0.2) is 32.5 Å². The summed E-state index contributed by atoms with van der Waals surface area (Å²) in [6.45, 7) is 1.80. The fraction of sp³-hybridized carbons (Fsp3) is 0.111. The molecule has 1 amide bonds. The van der Waals surface area contributed by atoms with Crippen molar-refractivity contribution < 1.29 is 24.0 Å². The minimum absolute atomic E-state index is 0.0336. The van der Waals surface area contributed by atoms with Crippen molar-refractivity contribution in [3.63, 3.8) is 0 Å². The van der Waals surface area contributed by atoms with E-state index in [2.05, 4.69) is 20.7 Å². The van der Waals surface area contributed by atoms with Crippen LogP contribution in [0.2, 0.25) is 0 Å². The maximum absolute atomic E-state index is 12.6. The smallest absolute Gasteiger partial charge is 0.412 e. The average Bonchev–Trinajstić information content (AvgIpc) is 3.54. The molecule has 0 radical (unpaired) electrons. The zero-order valence-corrected chi connectivity index (χ0v) is 19.3. The van der Waals surface area contributed by atoms with E-state index in [1.807, 2.05) is 54.6 Å². The number of aromatic amines is 1. The Bertz CT molecular complexity index is 1520. The Morgan fingerprint density at radius 2 is 1.81 bits per heavy atom. The second kappa shape index (κ2) is 9.75. The molecule has 3 aromatic carbocycles. The molecule has 36 heavy (non-hydrogen) atoms. The molecule has 180 valence electrons. The van der Waals surface area contributed by atoms with Gasteiger partial charge in [-0.1, -0.05) is 65.8 Å². The van der Waals surface area contributed by atoms with Crippen molar-refractivity contribution >= 4 is 28.7 Å². The number of aromatic nitrogens is 3. The first-order chi connectivity index (χ1) is 17.5. The second-order valence-corrected chi connectivity index (χ2v) is 8.23. The van der Waals surface area contributed by atoms with Crippen LogP contribution >= 0.6 is 0 Å². The SMILES string of the molecule is CC(OC(=O)Nc1cnoc1-c1ccc(-c2ccc(CC(=O)O)cc2)c2c[nH]nc12)c1ccccc1. The number of H-pyrrole nitrogens is 1. The number of anilines is 1. The topological polar surface area (TPSA) is 130 Å². The third-order valence-electron chi connectivity index (χ3n) is 5.83. The largest absolute Gasteiger partial charge is 0.481 e. The third kappa shape index (κ3) is 4.67. The molecule has 0 aliphatic heterocycles. The molecule has 9 heteroatoms. The summed E-state index contributed by atoms with van der Waals surface area (Å²) in [6, 6.07) is 20.5. The Labute approximate surface area is 205 Å². The molecule has 0 fully saturated rings. The number of aliphatic carboxylic acids is 1. The molecular weight excluding hydrogens is 460 g/mol. The van der Waals surface area contributed by atoms with Crippen LogP contribution in [0.5, 0.6) is 0 Å². The first-order valence-electron chi connectivity index (χ1n) is 11.2.